The molecule has 0 aromatic heterocycles. The van der Waals surface area contributed by atoms with Crippen molar-refractivity contribution >= 4 is 52.8 Å². The molecule has 4 amide bonds. The van der Waals surface area contributed by atoms with Gasteiger partial charge < -0.3 is 14.2 Å². The van der Waals surface area contributed by atoms with Gasteiger partial charge in [0.05, 0.1) is 17.8 Å². The predicted octanol–water partition coefficient (Wildman–Crippen LogP) is 7.44. The lowest BCUT2D eigenvalue weighted by Gasteiger charge is -2.26. The van der Waals surface area contributed by atoms with E-state index in [1.807, 2.05) is 44.2 Å². The first kappa shape index (κ1) is 30.7. The number of methoxy groups -OCH3 is 1. The standard InChI is InChI=1S/C34H28Cl2N2O6/c1-20-4-5-23(14-21(20)2)19-44-31-29(36)16-24(17-30(31)42-3)15-28-32(39)37-34(41)38(33(28)40)26-10-12-27(13-11-26)43-18-22-6-8-25(35)9-7-22/h4-17H,18-19H2,1-3H3,(H,37,39,41)/b28-15+. The van der Waals surface area contributed by atoms with E-state index in [0.29, 0.717) is 34.4 Å². The largest absolute Gasteiger partial charge is 0.493 e. The lowest BCUT2D eigenvalue weighted by molar-refractivity contribution is -0.122. The lowest BCUT2D eigenvalue weighted by atomic mass is 10.1. The summed E-state index contributed by atoms with van der Waals surface area (Å²) in [6.45, 7) is 4.64. The number of hydrogen-bond donors (Lipinski definition) is 1. The summed E-state index contributed by atoms with van der Waals surface area (Å²) in [7, 11) is 1.47. The van der Waals surface area contributed by atoms with Gasteiger partial charge in [-0.1, -0.05) is 53.5 Å². The van der Waals surface area contributed by atoms with Crippen LogP contribution in [0.1, 0.15) is 27.8 Å². The molecule has 0 spiro atoms. The average Bonchev–Trinajstić information content (AvgIpc) is 3.00. The molecule has 10 heteroatoms. The molecule has 0 radical (unpaired) electrons. The Bertz CT molecular complexity index is 1770. The van der Waals surface area contributed by atoms with Crippen LogP contribution in [0.2, 0.25) is 10.0 Å². The van der Waals surface area contributed by atoms with Crippen LogP contribution in [0.5, 0.6) is 17.2 Å². The van der Waals surface area contributed by atoms with Crippen LogP contribution in [0.15, 0.2) is 84.4 Å². The minimum absolute atomic E-state index is 0.228. The van der Waals surface area contributed by atoms with E-state index in [2.05, 4.69) is 5.32 Å². The van der Waals surface area contributed by atoms with Crippen LogP contribution in [0.4, 0.5) is 10.5 Å². The summed E-state index contributed by atoms with van der Waals surface area (Å²) in [5, 5.41) is 3.08. The van der Waals surface area contributed by atoms with Gasteiger partial charge >= 0.3 is 6.03 Å². The van der Waals surface area contributed by atoms with Gasteiger partial charge in [-0.25, -0.2) is 9.69 Å². The predicted molar refractivity (Wildman–Crippen MR) is 169 cm³/mol. The van der Waals surface area contributed by atoms with Gasteiger partial charge in [0.25, 0.3) is 11.8 Å². The summed E-state index contributed by atoms with van der Waals surface area (Å²) in [6, 6.07) is 22.0. The second-order valence-corrected chi connectivity index (χ2v) is 11.0. The Kier molecular flexibility index (Phi) is 9.23. The number of anilines is 1. The quantitative estimate of drug-likeness (QED) is 0.152. The average molecular weight is 632 g/mol. The van der Waals surface area contributed by atoms with E-state index in [1.165, 1.54) is 18.7 Å². The normalized spacial score (nSPS) is 14.1. The fourth-order valence-electron chi connectivity index (χ4n) is 4.51. The number of benzene rings is 4. The van der Waals surface area contributed by atoms with Gasteiger partial charge in [-0.3, -0.25) is 14.9 Å². The summed E-state index contributed by atoms with van der Waals surface area (Å²) in [5.74, 6) is -0.451. The number of imide groups is 2. The van der Waals surface area contributed by atoms with Gasteiger partial charge in [-0.05, 0) is 96.3 Å². The molecule has 5 rings (SSSR count). The molecule has 4 aromatic rings. The van der Waals surface area contributed by atoms with Crippen LogP contribution >= 0.6 is 23.2 Å². The lowest BCUT2D eigenvalue weighted by Crippen LogP contribution is -2.54. The summed E-state index contributed by atoms with van der Waals surface area (Å²) < 4.78 is 17.3. The summed E-state index contributed by atoms with van der Waals surface area (Å²) in [4.78, 5) is 39.8. The number of hydrogen-bond acceptors (Lipinski definition) is 6. The second kappa shape index (κ2) is 13.2. The third-order valence-corrected chi connectivity index (χ3v) is 7.57. The van der Waals surface area contributed by atoms with Crippen LogP contribution in [0.3, 0.4) is 0 Å². The Hall–Kier alpha value is -4.79. The molecule has 1 saturated heterocycles. The molecule has 0 atom stereocenters. The molecule has 1 aliphatic heterocycles. The maximum absolute atomic E-state index is 13.4. The van der Waals surface area contributed by atoms with Gasteiger partial charge in [0.1, 0.15) is 24.5 Å². The highest BCUT2D eigenvalue weighted by molar-refractivity contribution is 6.39. The number of aryl methyl sites for hydroxylation is 2. The fourth-order valence-corrected chi connectivity index (χ4v) is 4.91. The molecular weight excluding hydrogens is 603 g/mol. The van der Waals surface area contributed by atoms with E-state index >= 15 is 0 Å². The van der Waals surface area contributed by atoms with Gasteiger partial charge in [-0.15, -0.1) is 0 Å². The third kappa shape index (κ3) is 6.88. The van der Waals surface area contributed by atoms with E-state index in [9.17, 15) is 14.4 Å². The van der Waals surface area contributed by atoms with Crippen LogP contribution in [0.25, 0.3) is 6.08 Å². The number of nitrogens with one attached hydrogen (secondary N) is 1. The molecule has 1 fully saturated rings. The highest BCUT2D eigenvalue weighted by Gasteiger charge is 2.37. The number of carbonyl (C=O) groups excluding carboxylic acids is 3. The molecule has 1 N–H and O–H groups in total. The smallest absolute Gasteiger partial charge is 0.335 e. The zero-order valence-corrected chi connectivity index (χ0v) is 25.7. The SMILES string of the molecule is COc1cc(/C=C2\C(=O)NC(=O)N(c3ccc(OCc4ccc(Cl)cc4)cc3)C2=O)cc(Cl)c1OCc1ccc(C)c(C)c1. The number of urea groups is 1. The molecular formula is C34H28Cl2N2O6. The van der Waals surface area contributed by atoms with Crippen molar-refractivity contribution in [2.45, 2.75) is 27.1 Å². The van der Waals surface area contributed by atoms with E-state index in [0.717, 1.165) is 21.6 Å². The van der Waals surface area contributed by atoms with Gasteiger partial charge in [0.2, 0.25) is 0 Å². The minimum atomic E-state index is -0.863. The number of barbiturate groups is 1. The minimum Gasteiger partial charge on any atom is -0.493 e. The molecule has 0 bridgehead atoms. The molecule has 44 heavy (non-hydrogen) atoms. The molecule has 0 saturated carbocycles. The zero-order chi connectivity index (χ0) is 31.4. The Labute approximate surface area is 264 Å². The maximum Gasteiger partial charge on any atom is 0.335 e. The van der Waals surface area contributed by atoms with Crippen molar-refractivity contribution < 1.29 is 28.6 Å². The number of nitrogens with zero attached hydrogens (tertiary/aromatic N) is 1. The van der Waals surface area contributed by atoms with Gasteiger partial charge in [0.15, 0.2) is 11.5 Å². The Morgan fingerprint density at radius 1 is 0.795 bits per heavy atom. The van der Waals surface area contributed by atoms with Gasteiger partial charge in [-0.2, -0.15) is 0 Å². The van der Waals surface area contributed by atoms with Crippen molar-refractivity contribution in [1.82, 2.24) is 5.32 Å². The molecule has 4 aromatic carbocycles. The number of amides is 4. The van der Waals surface area contributed by atoms with E-state index in [1.54, 1.807) is 48.5 Å². The van der Waals surface area contributed by atoms with Gasteiger partial charge in [0, 0.05) is 5.02 Å². The van der Waals surface area contributed by atoms with Crippen molar-refractivity contribution in [2.24, 2.45) is 0 Å². The third-order valence-electron chi connectivity index (χ3n) is 7.03. The summed E-state index contributed by atoms with van der Waals surface area (Å²) >= 11 is 12.5. The first-order chi connectivity index (χ1) is 21.1. The Morgan fingerprint density at radius 3 is 2.16 bits per heavy atom. The van der Waals surface area contributed by atoms with Crippen molar-refractivity contribution in [1.29, 1.82) is 0 Å². The first-order valence-corrected chi connectivity index (χ1v) is 14.3. The Morgan fingerprint density at radius 2 is 1.48 bits per heavy atom. The maximum atomic E-state index is 13.4. The topological polar surface area (TPSA) is 94.2 Å². The highest BCUT2D eigenvalue weighted by Crippen LogP contribution is 2.38. The molecule has 1 heterocycles. The monoisotopic (exact) mass is 630 g/mol. The summed E-state index contributed by atoms with van der Waals surface area (Å²) in [6.07, 6.45) is 1.35. The van der Waals surface area contributed by atoms with Crippen LogP contribution in [0, 0.1) is 13.8 Å². The Balaban J connectivity index is 1.33. The molecule has 0 unspecified atom stereocenters. The van der Waals surface area contributed by atoms with Crippen LogP contribution in [-0.2, 0) is 22.8 Å². The van der Waals surface area contributed by atoms with Crippen molar-refractivity contribution in [3.05, 3.63) is 122 Å². The highest BCUT2D eigenvalue weighted by atomic mass is 35.5. The number of carbonyl (C=O) groups is 3. The molecule has 8 nitrogen and oxygen atoms in total. The molecule has 1 aliphatic rings. The molecule has 224 valence electrons. The van der Waals surface area contributed by atoms with E-state index < -0.39 is 17.8 Å². The zero-order valence-electron chi connectivity index (χ0n) is 24.1. The number of rotatable bonds is 9. The van der Waals surface area contributed by atoms with Crippen LogP contribution < -0.4 is 24.4 Å². The number of ether oxygens (including phenoxy) is 3. The van der Waals surface area contributed by atoms with Crippen molar-refractivity contribution in [3.8, 4) is 17.2 Å². The molecule has 0 aliphatic carbocycles. The van der Waals surface area contributed by atoms with E-state index in [-0.39, 0.29) is 22.9 Å². The number of halogens is 2. The van der Waals surface area contributed by atoms with Crippen molar-refractivity contribution in [2.75, 3.05) is 12.0 Å². The summed E-state index contributed by atoms with van der Waals surface area (Å²) in [5.41, 5.74) is 4.63. The van der Waals surface area contributed by atoms with E-state index in [4.69, 9.17) is 37.4 Å². The van der Waals surface area contributed by atoms with Crippen molar-refractivity contribution in [3.63, 3.8) is 0 Å². The first-order valence-electron chi connectivity index (χ1n) is 13.6. The van der Waals surface area contributed by atoms with Crippen LogP contribution in [-0.4, -0.2) is 25.0 Å². The second-order valence-electron chi connectivity index (χ2n) is 10.1. The fraction of sp³-hybridized carbons (Fsp3) is 0.147.